The number of piperazine rings is 1. The molecule has 0 bridgehead atoms. The molecule has 0 aromatic heterocycles. The maximum absolute atomic E-state index is 12.8. The maximum atomic E-state index is 12.8. The molecule has 0 spiro atoms. The van der Waals surface area contributed by atoms with Crippen molar-refractivity contribution < 1.29 is 14.3 Å². The van der Waals surface area contributed by atoms with E-state index in [0.29, 0.717) is 43.9 Å². The molecule has 5 nitrogen and oxygen atoms in total. The minimum Gasteiger partial charge on any atom is -0.493 e. The van der Waals surface area contributed by atoms with Crippen molar-refractivity contribution in [3.63, 3.8) is 0 Å². The number of aryl methyl sites for hydroxylation is 1. The fourth-order valence-corrected chi connectivity index (χ4v) is 3.49. The van der Waals surface area contributed by atoms with Gasteiger partial charge in [-0.1, -0.05) is 17.7 Å². The highest BCUT2D eigenvalue weighted by Crippen LogP contribution is 2.26. The lowest BCUT2D eigenvalue weighted by Gasteiger charge is -2.35. The summed E-state index contributed by atoms with van der Waals surface area (Å²) in [6.07, 6.45) is 0.856. The molecule has 2 aromatic carbocycles. The van der Waals surface area contributed by atoms with Gasteiger partial charge in [-0.05, 0) is 42.8 Å². The standard InChI is InChI=1S/C21H22N2O3/c1-15-2-4-16(5-3-15)20(24)22-9-11-23(12-10-22)21(25)18-6-7-19-17(14-18)8-13-26-19/h2-7,14H,8-13H2,1H3. The molecule has 4 rings (SSSR count). The average Bonchev–Trinajstić information content (AvgIpc) is 3.15. The van der Waals surface area contributed by atoms with Crippen molar-refractivity contribution >= 4 is 11.8 Å². The number of hydrogen-bond acceptors (Lipinski definition) is 3. The summed E-state index contributed by atoms with van der Waals surface area (Å²) in [6.45, 7) is 4.93. The Morgan fingerprint density at radius 1 is 0.846 bits per heavy atom. The number of ether oxygens (including phenoxy) is 1. The van der Waals surface area contributed by atoms with E-state index in [4.69, 9.17) is 4.74 Å². The molecule has 0 atom stereocenters. The predicted octanol–water partition coefficient (Wildman–Crippen LogP) is 2.53. The zero-order valence-corrected chi connectivity index (χ0v) is 14.9. The van der Waals surface area contributed by atoms with Crippen LogP contribution in [0.1, 0.15) is 31.8 Å². The van der Waals surface area contributed by atoms with E-state index in [0.717, 1.165) is 23.3 Å². The van der Waals surface area contributed by atoms with Crippen LogP contribution in [0.2, 0.25) is 0 Å². The van der Waals surface area contributed by atoms with E-state index in [1.165, 1.54) is 0 Å². The van der Waals surface area contributed by atoms with Gasteiger partial charge in [0.1, 0.15) is 5.75 Å². The number of fused-ring (bicyclic) bond motifs is 1. The molecule has 2 aliphatic heterocycles. The first-order chi connectivity index (χ1) is 12.6. The van der Waals surface area contributed by atoms with Crippen LogP contribution in [0.15, 0.2) is 42.5 Å². The number of amides is 2. The van der Waals surface area contributed by atoms with Gasteiger partial charge in [0, 0.05) is 43.7 Å². The van der Waals surface area contributed by atoms with E-state index in [1.807, 2.05) is 59.2 Å². The summed E-state index contributed by atoms with van der Waals surface area (Å²) in [5.74, 6) is 0.948. The largest absolute Gasteiger partial charge is 0.493 e. The van der Waals surface area contributed by atoms with Gasteiger partial charge in [0.2, 0.25) is 0 Å². The summed E-state index contributed by atoms with van der Waals surface area (Å²) in [4.78, 5) is 29.0. The fourth-order valence-electron chi connectivity index (χ4n) is 3.49. The molecule has 26 heavy (non-hydrogen) atoms. The third kappa shape index (κ3) is 3.17. The maximum Gasteiger partial charge on any atom is 0.253 e. The number of carbonyl (C=O) groups is 2. The molecule has 5 heteroatoms. The molecule has 0 N–H and O–H groups in total. The van der Waals surface area contributed by atoms with Crippen molar-refractivity contribution in [2.75, 3.05) is 32.8 Å². The van der Waals surface area contributed by atoms with Gasteiger partial charge in [-0.2, -0.15) is 0 Å². The third-order valence-electron chi connectivity index (χ3n) is 5.09. The van der Waals surface area contributed by atoms with Crippen LogP contribution in [0.25, 0.3) is 0 Å². The Kier molecular flexibility index (Phi) is 4.37. The number of carbonyl (C=O) groups excluding carboxylic acids is 2. The summed E-state index contributed by atoms with van der Waals surface area (Å²) in [7, 11) is 0. The van der Waals surface area contributed by atoms with Gasteiger partial charge in [-0.25, -0.2) is 0 Å². The van der Waals surface area contributed by atoms with Gasteiger partial charge in [0.05, 0.1) is 6.61 Å². The number of benzene rings is 2. The Hall–Kier alpha value is -2.82. The molecule has 0 unspecified atom stereocenters. The lowest BCUT2D eigenvalue weighted by atomic mass is 10.1. The van der Waals surface area contributed by atoms with Gasteiger partial charge in [0.15, 0.2) is 0 Å². The normalized spacial score (nSPS) is 16.2. The zero-order valence-electron chi connectivity index (χ0n) is 14.9. The van der Waals surface area contributed by atoms with Crippen molar-refractivity contribution in [2.45, 2.75) is 13.3 Å². The Morgan fingerprint density at radius 3 is 2.08 bits per heavy atom. The van der Waals surface area contributed by atoms with Gasteiger partial charge in [-0.15, -0.1) is 0 Å². The lowest BCUT2D eigenvalue weighted by Crippen LogP contribution is -2.50. The number of rotatable bonds is 2. The van der Waals surface area contributed by atoms with Crippen LogP contribution >= 0.6 is 0 Å². The molecule has 134 valence electrons. The molecule has 2 amide bonds. The molecule has 2 heterocycles. The second kappa shape index (κ2) is 6.83. The first kappa shape index (κ1) is 16.6. The van der Waals surface area contributed by atoms with E-state index in [-0.39, 0.29) is 11.8 Å². The molecular weight excluding hydrogens is 328 g/mol. The topological polar surface area (TPSA) is 49.9 Å². The first-order valence-corrected chi connectivity index (χ1v) is 9.03. The van der Waals surface area contributed by atoms with Gasteiger partial charge in [-0.3, -0.25) is 9.59 Å². The zero-order chi connectivity index (χ0) is 18.1. The smallest absolute Gasteiger partial charge is 0.253 e. The predicted molar refractivity (Wildman–Crippen MR) is 98.6 cm³/mol. The highest BCUT2D eigenvalue weighted by atomic mass is 16.5. The van der Waals surface area contributed by atoms with Crippen LogP contribution < -0.4 is 4.74 Å². The van der Waals surface area contributed by atoms with Crippen molar-refractivity contribution in [1.29, 1.82) is 0 Å². The van der Waals surface area contributed by atoms with Crippen molar-refractivity contribution in [2.24, 2.45) is 0 Å². The van der Waals surface area contributed by atoms with E-state index in [9.17, 15) is 9.59 Å². The molecule has 1 fully saturated rings. The highest BCUT2D eigenvalue weighted by molar-refractivity contribution is 5.96. The number of hydrogen-bond donors (Lipinski definition) is 0. The Bertz CT molecular complexity index is 837. The summed E-state index contributed by atoms with van der Waals surface area (Å²) in [5.41, 5.74) is 3.64. The van der Waals surface area contributed by atoms with Crippen LogP contribution in [0.3, 0.4) is 0 Å². The summed E-state index contributed by atoms with van der Waals surface area (Å²) >= 11 is 0. The van der Waals surface area contributed by atoms with Crippen LogP contribution in [-0.4, -0.2) is 54.4 Å². The van der Waals surface area contributed by atoms with Crippen molar-refractivity contribution in [3.05, 3.63) is 64.7 Å². The second-order valence-corrected chi connectivity index (χ2v) is 6.87. The van der Waals surface area contributed by atoms with Crippen molar-refractivity contribution in [1.82, 2.24) is 9.80 Å². The van der Waals surface area contributed by atoms with Crippen molar-refractivity contribution in [3.8, 4) is 5.75 Å². The SMILES string of the molecule is Cc1ccc(C(=O)N2CCN(C(=O)c3ccc4c(c3)CCO4)CC2)cc1. The summed E-state index contributed by atoms with van der Waals surface area (Å²) in [6, 6.07) is 13.3. The van der Waals surface area contributed by atoms with E-state index in [2.05, 4.69) is 0 Å². The third-order valence-corrected chi connectivity index (χ3v) is 5.09. The molecule has 2 aliphatic rings. The van der Waals surface area contributed by atoms with E-state index >= 15 is 0 Å². The first-order valence-electron chi connectivity index (χ1n) is 9.03. The summed E-state index contributed by atoms with van der Waals surface area (Å²) in [5, 5.41) is 0. The fraction of sp³-hybridized carbons (Fsp3) is 0.333. The van der Waals surface area contributed by atoms with E-state index in [1.54, 1.807) is 0 Å². The van der Waals surface area contributed by atoms with Crippen LogP contribution in [0, 0.1) is 6.92 Å². The number of nitrogens with zero attached hydrogens (tertiary/aromatic N) is 2. The molecule has 2 aromatic rings. The van der Waals surface area contributed by atoms with Gasteiger partial charge >= 0.3 is 0 Å². The Morgan fingerprint density at radius 2 is 1.42 bits per heavy atom. The average molecular weight is 350 g/mol. The molecule has 0 radical (unpaired) electrons. The Labute approximate surface area is 153 Å². The molecule has 1 saturated heterocycles. The van der Waals surface area contributed by atoms with Crippen LogP contribution in [0.4, 0.5) is 0 Å². The minimum atomic E-state index is 0.0298. The van der Waals surface area contributed by atoms with Crippen LogP contribution in [-0.2, 0) is 6.42 Å². The van der Waals surface area contributed by atoms with Gasteiger partial charge < -0.3 is 14.5 Å². The monoisotopic (exact) mass is 350 g/mol. The Balaban J connectivity index is 1.39. The molecule has 0 saturated carbocycles. The van der Waals surface area contributed by atoms with E-state index < -0.39 is 0 Å². The minimum absolute atomic E-state index is 0.0298. The molecule has 0 aliphatic carbocycles. The lowest BCUT2D eigenvalue weighted by molar-refractivity contribution is 0.0535. The highest BCUT2D eigenvalue weighted by Gasteiger charge is 2.26. The second-order valence-electron chi connectivity index (χ2n) is 6.87. The molecular formula is C21H22N2O3. The van der Waals surface area contributed by atoms with Gasteiger partial charge in [0.25, 0.3) is 11.8 Å². The van der Waals surface area contributed by atoms with Crippen LogP contribution in [0.5, 0.6) is 5.75 Å². The quantitative estimate of drug-likeness (QED) is 0.836. The summed E-state index contributed by atoms with van der Waals surface area (Å²) < 4.78 is 5.50.